The van der Waals surface area contributed by atoms with Crippen molar-refractivity contribution < 1.29 is 9.84 Å². The minimum absolute atomic E-state index is 0.147. The molecule has 0 bridgehead atoms. The lowest BCUT2D eigenvalue weighted by Gasteiger charge is -2.09. The zero-order valence-electron chi connectivity index (χ0n) is 9.10. The zero-order chi connectivity index (χ0) is 11.5. The van der Waals surface area contributed by atoms with Crippen LogP contribution in [0.5, 0.6) is 11.5 Å². The third-order valence-corrected chi connectivity index (χ3v) is 2.34. The third-order valence-electron chi connectivity index (χ3n) is 2.34. The molecule has 4 nitrogen and oxygen atoms in total. The smallest absolute Gasteiger partial charge is 0.141 e. The fourth-order valence-corrected chi connectivity index (χ4v) is 1.63. The Hall–Kier alpha value is -1.81. The number of aromatic nitrogens is 1. The quantitative estimate of drug-likeness (QED) is 0.824. The lowest BCUT2D eigenvalue weighted by atomic mass is 10.1. The standard InChI is InChI=1S/C12H14N2O2/c1-2-16-11-6-8(7-13)14-12-9(11)4-3-5-10(12)15/h3-6,15H,2,7,13H2,1H3. The number of aromatic hydroxyl groups is 1. The average Bonchev–Trinajstić information content (AvgIpc) is 2.30. The summed E-state index contributed by atoms with van der Waals surface area (Å²) in [4.78, 5) is 4.28. The molecule has 0 atom stereocenters. The summed E-state index contributed by atoms with van der Waals surface area (Å²) in [6, 6.07) is 7.05. The van der Waals surface area contributed by atoms with Crippen LogP contribution in [0, 0.1) is 0 Å². The summed E-state index contributed by atoms with van der Waals surface area (Å²) in [7, 11) is 0. The summed E-state index contributed by atoms with van der Waals surface area (Å²) in [6.45, 7) is 2.81. The number of fused-ring (bicyclic) bond motifs is 1. The Morgan fingerprint density at radius 1 is 1.44 bits per heavy atom. The van der Waals surface area contributed by atoms with Crippen molar-refractivity contribution in [3.05, 3.63) is 30.0 Å². The second-order valence-corrected chi connectivity index (χ2v) is 3.42. The molecule has 0 unspecified atom stereocenters. The average molecular weight is 218 g/mol. The van der Waals surface area contributed by atoms with Crippen LogP contribution in [0.15, 0.2) is 24.3 Å². The van der Waals surface area contributed by atoms with Crippen molar-refractivity contribution in [1.29, 1.82) is 0 Å². The van der Waals surface area contributed by atoms with E-state index >= 15 is 0 Å². The molecule has 2 rings (SSSR count). The Balaban J connectivity index is 2.71. The molecule has 0 radical (unpaired) electrons. The number of pyridine rings is 1. The van der Waals surface area contributed by atoms with Crippen molar-refractivity contribution in [3.63, 3.8) is 0 Å². The van der Waals surface area contributed by atoms with Crippen LogP contribution in [0.1, 0.15) is 12.6 Å². The van der Waals surface area contributed by atoms with Gasteiger partial charge in [0.2, 0.25) is 0 Å². The van der Waals surface area contributed by atoms with Crippen LogP contribution in [0.25, 0.3) is 10.9 Å². The second kappa shape index (κ2) is 4.37. The van der Waals surface area contributed by atoms with Crippen LogP contribution in [-0.4, -0.2) is 16.7 Å². The first kappa shape index (κ1) is 10.7. The van der Waals surface area contributed by atoms with Crippen LogP contribution in [0.4, 0.5) is 0 Å². The van der Waals surface area contributed by atoms with Gasteiger partial charge in [-0.05, 0) is 19.1 Å². The molecule has 0 aliphatic heterocycles. The lowest BCUT2D eigenvalue weighted by molar-refractivity contribution is 0.343. The van der Waals surface area contributed by atoms with Crippen molar-refractivity contribution in [3.8, 4) is 11.5 Å². The molecule has 4 heteroatoms. The van der Waals surface area contributed by atoms with Gasteiger partial charge in [0.15, 0.2) is 0 Å². The van der Waals surface area contributed by atoms with Gasteiger partial charge in [0, 0.05) is 18.0 Å². The number of nitrogens with two attached hydrogens (primary N) is 1. The first-order chi connectivity index (χ1) is 7.76. The van der Waals surface area contributed by atoms with Crippen LogP contribution < -0.4 is 10.5 Å². The fourth-order valence-electron chi connectivity index (χ4n) is 1.63. The largest absolute Gasteiger partial charge is 0.506 e. The topological polar surface area (TPSA) is 68.4 Å². The summed E-state index contributed by atoms with van der Waals surface area (Å²) in [5, 5.41) is 10.5. The van der Waals surface area contributed by atoms with Crippen LogP contribution in [0.3, 0.4) is 0 Å². The Morgan fingerprint density at radius 3 is 2.94 bits per heavy atom. The highest BCUT2D eigenvalue weighted by atomic mass is 16.5. The highest BCUT2D eigenvalue weighted by Gasteiger charge is 2.08. The normalized spacial score (nSPS) is 10.6. The van der Waals surface area contributed by atoms with Crippen molar-refractivity contribution >= 4 is 10.9 Å². The van der Waals surface area contributed by atoms with Gasteiger partial charge >= 0.3 is 0 Å². The van der Waals surface area contributed by atoms with Crippen molar-refractivity contribution in [2.75, 3.05) is 6.61 Å². The summed E-state index contributed by atoms with van der Waals surface area (Å²) in [6.07, 6.45) is 0. The first-order valence-electron chi connectivity index (χ1n) is 5.20. The number of phenols is 1. The van der Waals surface area contributed by atoms with Gasteiger partial charge in [0.25, 0.3) is 0 Å². The van der Waals surface area contributed by atoms with Gasteiger partial charge in [0.1, 0.15) is 17.0 Å². The van der Waals surface area contributed by atoms with E-state index in [1.54, 1.807) is 12.1 Å². The van der Waals surface area contributed by atoms with Gasteiger partial charge in [-0.2, -0.15) is 0 Å². The number of ether oxygens (including phenoxy) is 1. The van der Waals surface area contributed by atoms with Crippen molar-refractivity contribution in [2.45, 2.75) is 13.5 Å². The maximum Gasteiger partial charge on any atom is 0.141 e. The van der Waals surface area contributed by atoms with E-state index < -0.39 is 0 Å². The predicted octanol–water partition coefficient (Wildman–Crippen LogP) is 1.80. The van der Waals surface area contributed by atoms with E-state index in [4.69, 9.17) is 10.5 Å². The maximum absolute atomic E-state index is 9.72. The molecular formula is C12H14N2O2. The van der Waals surface area contributed by atoms with E-state index in [-0.39, 0.29) is 5.75 Å². The van der Waals surface area contributed by atoms with Gasteiger partial charge in [0.05, 0.1) is 12.3 Å². The molecule has 3 N–H and O–H groups in total. The fraction of sp³-hybridized carbons (Fsp3) is 0.250. The number of hydrogen-bond donors (Lipinski definition) is 2. The molecule has 0 aliphatic carbocycles. The molecule has 2 aromatic rings. The van der Waals surface area contributed by atoms with E-state index in [1.807, 2.05) is 19.1 Å². The van der Waals surface area contributed by atoms with Crippen LogP contribution in [0.2, 0.25) is 0 Å². The van der Waals surface area contributed by atoms with Crippen LogP contribution >= 0.6 is 0 Å². The number of phenolic OH excluding ortho intramolecular Hbond substituents is 1. The Kier molecular flexibility index (Phi) is 2.92. The molecule has 1 aromatic carbocycles. The predicted molar refractivity (Wildman–Crippen MR) is 62.5 cm³/mol. The van der Waals surface area contributed by atoms with Gasteiger partial charge in [-0.25, -0.2) is 4.98 Å². The first-order valence-corrected chi connectivity index (χ1v) is 5.20. The highest BCUT2D eigenvalue weighted by molar-refractivity contribution is 5.89. The van der Waals surface area contributed by atoms with E-state index in [0.29, 0.717) is 30.1 Å². The van der Waals surface area contributed by atoms with Gasteiger partial charge in [-0.3, -0.25) is 0 Å². The van der Waals surface area contributed by atoms with Gasteiger partial charge < -0.3 is 15.6 Å². The number of benzene rings is 1. The summed E-state index contributed by atoms with van der Waals surface area (Å²) >= 11 is 0. The Labute approximate surface area is 93.7 Å². The molecule has 0 aliphatic rings. The third kappa shape index (κ3) is 1.79. The summed E-state index contributed by atoms with van der Waals surface area (Å²) < 4.78 is 5.51. The molecule has 0 amide bonds. The number of para-hydroxylation sites is 1. The van der Waals surface area contributed by atoms with Crippen LogP contribution in [-0.2, 0) is 6.54 Å². The van der Waals surface area contributed by atoms with Crippen molar-refractivity contribution in [2.24, 2.45) is 5.73 Å². The number of nitrogens with zero attached hydrogens (tertiary/aromatic N) is 1. The highest BCUT2D eigenvalue weighted by Crippen LogP contribution is 2.30. The van der Waals surface area contributed by atoms with Crippen molar-refractivity contribution in [1.82, 2.24) is 4.98 Å². The molecule has 0 spiro atoms. The number of hydrogen-bond acceptors (Lipinski definition) is 4. The monoisotopic (exact) mass is 218 g/mol. The minimum Gasteiger partial charge on any atom is -0.506 e. The Bertz CT molecular complexity index is 512. The molecule has 1 heterocycles. The van der Waals surface area contributed by atoms with E-state index in [9.17, 15) is 5.11 Å². The number of rotatable bonds is 3. The maximum atomic E-state index is 9.72. The Morgan fingerprint density at radius 2 is 2.25 bits per heavy atom. The second-order valence-electron chi connectivity index (χ2n) is 3.42. The molecule has 0 fully saturated rings. The molecule has 0 saturated heterocycles. The summed E-state index contributed by atoms with van der Waals surface area (Å²) in [5.41, 5.74) is 6.80. The molecule has 84 valence electrons. The van der Waals surface area contributed by atoms with Gasteiger partial charge in [-0.1, -0.05) is 6.07 Å². The SMILES string of the molecule is CCOc1cc(CN)nc2c(O)cccc12. The molecule has 0 saturated carbocycles. The molecular weight excluding hydrogens is 204 g/mol. The molecule has 1 aromatic heterocycles. The van der Waals surface area contributed by atoms with E-state index in [1.165, 1.54) is 0 Å². The minimum atomic E-state index is 0.147. The zero-order valence-corrected chi connectivity index (χ0v) is 9.10. The van der Waals surface area contributed by atoms with Gasteiger partial charge in [-0.15, -0.1) is 0 Å². The van der Waals surface area contributed by atoms with E-state index in [0.717, 1.165) is 5.39 Å². The molecule has 16 heavy (non-hydrogen) atoms. The lowest BCUT2D eigenvalue weighted by Crippen LogP contribution is -2.02. The van der Waals surface area contributed by atoms with E-state index in [2.05, 4.69) is 4.98 Å². The summed E-state index contributed by atoms with van der Waals surface area (Å²) in [5.74, 6) is 0.859.